The van der Waals surface area contributed by atoms with Crippen LogP contribution in [0.4, 0.5) is 26.3 Å². The summed E-state index contributed by atoms with van der Waals surface area (Å²) in [4.78, 5) is 12.1. The van der Waals surface area contributed by atoms with Gasteiger partial charge < -0.3 is 10.1 Å². The fourth-order valence-electron chi connectivity index (χ4n) is 2.24. The Morgan fingerprint density at radius 2 is 1.48 bits per heavy atom. The van der Waals surface area contributed by atoms with E-state index < -0.39 is 36.0 Å². The second-order valence-corrected chi connectivity index (χ2v) is 5.65. The maximum atomic E-state index is 12.9. The van der Waals surface area contributed by atoms with Crippen molar-refractivity contribution in [3.63, 3.8) is 0 Å². The predicted octanol–water partition coefficient (Wildman–Crippen LogP) is 4.71. The smallest absolute Gasteiger partial charge is 0.367 e. The van der Waals surface area contributed by atoms with E-state index in [0.717, 1.165) is 12.1 Å². The van der Waals surface area contributed by atoms with E-state index in [1.54, 1.807) is 12.1 Å². The standard InChI is InChI=1S/C18H15F6NO2/c19-17(20,21)11-27-10-13-7-5-12(6-8-13)9-25-16(26)14-3-1-2-4-15(14)18(22,23)24/h1-8H,9-11H2,(H,25,26). The van der Waals surface area contributed by atoms with Crippen LogP contribution in [0, 0.1) is 0 Å². The Labute approximate surface area is 150 Å². The summed E-state index contributed by atoms with van der Waals surface area (Å²) < 4.78 is 79.3. The molecule has 0 heterocycles. The van der Waals surface area contributed by atoms with Gasteiger partial charge in [-0.1, -0.05) is 36.4 Å². The van der Waals surface area contributed by atoms with Crippen LogP contribution in [0.3, 0.4) is 0 Å². The molecule has 2 rings (SSSR count). The molecule has 0 atom stereocenters. The van der Waals surface area contributed by atoms with Crippen molar-refractivity contribution < 1.29 is 35.9 Å². The van der Waals surface area contributed by atoms with Gasteiger partial charge in [-0.3, -0.25) is 4.79 Å². The van der Waals surface area contributed by atoms with Crippen LogP contribution in [0.15, 0.2) is 48.5 Å². The van der Waals surface area contributed by atoms with Gasteiger partial charge in [0.2, 0.25) is 0 Å². The largest absolute Gasteiger partial charge is 0.417 e. The second kappa shape index (κ2) is 8.43. The van der Waals surface area contributed by atoms with Gasteiger partial charge in [0.05, 0.1) is 17.7 Å². The van der Waals surface area contributed by atoms with Crippen LogP contribution in [0.1, 0.15) is 27.0 Å². The first-order valence-electron chi connectivity index (χ1n) is 7.73. The lowest BCUT2D eigenvalue weighted by molar-refractivity contribution is -0.176. The third-order valence-corrected chi connectivity index (χ3v) is 3.49. The highest BCUT2D eigenvalue weighted by molar-refractivity contribution is 5.95. The average Bonchev–Trinajstić information content (AvgIpc) is 2.59. The number of ether oxygens (including phenoxy) is 1. The van der Waals surface area contributed by atoms with Gasteiger partial charge in [-0.05, 0) is 23.3 Å². The minimum Gasteiger partial charge on any atom is -0.367 e. The molecule has 0 aliphatic heterocycles. The van der Waals surface area contributed by atoms with Crippen molar-refractivity contribution in [2.75, 3.05) is 6.61 Å². The Morgan fingerprint density at radius 3 is 2.07 bits per heavy atom. The Kier molecular flexibility index (Phi) is 6.48. The molecule has 0 unspecified atom stereocenters. The zero-order chi connectivity index (χ0) is 20.1. The number of nitrogens with one attached hydrogen (secondary N) is 1. The molecule has 0 saturated carbocycles. The van der Waals surface area contributed by atoms with E-state index in [1.807, 2.05) is 0 Å². The number of halogens is 6. The molecule has 0 saturated heterocycles. The van der Waals surface area contributed by atoms with Crippen molar-refractivity contribution in [1.29, 1.82) is 0 Å². The highest BCUT2D eigenvalue weighted by Crippen LogP contribution is 2.31. The Hall–Kier alpha value is -2.55. The van der Waals surface area contributed by atoms with E-state index in [2.05, 4.69) is 10.1 Å². The lowest BCUT2D eigenvalue weighted by Gasteiger charge is -2.13. The number of benzene rings is 2. The number of hydrogen-bond acceptors (Lipinski definition) is 2. The molecule has 9 heteroatoms. The Morgan fingerprint density at radius 1 is 0.889 bits per heavy atom. The zero-order valence-corrected chi connectivity index (χ0v) is 13.8. The molecule has 2 aromatic rings. The first-order valence-corrected chi connectivity index (χ1v) is 7.73. The van der Waals surface area contributed by atoms with Gasteiger partial charge in [0.25, 0.3) is 5.91 Å². The Bertz CT molecular complexity index is 769. The summed E-state index contributed by atoms with van der Waals surface area (Å²) in [5.74, 6) is -0.875. The molecule has 27 heavy (non-hydrogen) atoms. The van der Waals surface area contributed by atoms with Crippen molar-refractivity contribution in [1.82, 2.24) is 5.32 Å². The normalized spacial score (nSPS) is 12.1. The maximum Gasteiger partial charge on any atom is 0.417 e. The van der Waals surface area contributed by atoms with Crippen molar-refractivity contribution in [3.8, 4) is 0 Å². The van der Waals surface area contributed by atoms with E-state index in [-0.39, 0.29) is 13.2 Å². The molecule has 0 radical (unpaired) electrons. The number of carbonyl (C=O) groups excluding carboxylic acids is 1. The van der Waals surface area contributed by atoms with Crippen LogP contribution < -0.4 is 5.32 Å². The van der Waals surface area contributed by atoms with Crippen LogP contribution in [-0.4, -0.2) is 18.7 Å². The Balaban J connectivity index is 1.93. The zero-order valence-electron chi connectivity index (χ0n) is 13.8. The number of hydrogen-bond donors (Lipinski definition) is 1. The lowest BCUT2D eigenvalue weighted by atomic mass is 10.1. The van der Waals surface area contributed by atoms with E-state index >= 15 is 0 Å². The van der Waals surface area contributed by atoms with Crippen molar-refractivity contribution in [3.05, 3.63) is 70.8 Å². The molecule has 0 bridgehead atoms. The van der Waals surface area contributed by atoms with Crippen molar-refractivity contribution >= 4 is 5.91 Å². The quantitative estimate of drug-likeness (QED) is 0.724. The fraction of sp³-hybridized carbons (Fsp3) is 0.278. The van der Waals surface area contributed by atoms with Gasteiger partial charge in [-0.25, -0.2) is 0 Å². The lowest BCUT2D eigenvalue weighted by Crippen LogP contribution is -2.25. The molecule has 1 N–H and O–H groups in total. The maximum absolute atomic E-state index is 12.9. The van der Waals surface area contributed by atoms with Gasteiger partial charge in [-0.2, -0.15) is 26.3 Å². The molecule has 0 aromatic heterocycles. The van der Waals surface area contributed by atoms with Gasteiger partial charge in [0.1, 0.15) is 6.61 Å². The number of amides is 1. The van der Waals surface area contributed by atoms with Crippen molar-refractivity contribution in [2.45, 2.75) is 25.5 Å². The summed E-state index contributed by atoms with van der Waals surface area (Å²) in [5.41, 5.74) is -0.439. The second-order valence-electron chi connectivity index (χ2n) is 5.65. The van der Waals surface area contributed by atoms with Crippen LogP contribution in [0.2, 0.25) is 0 Å². The van der Waals surface area contributed by atoms with Crippen LogP contribution in [0.25, 0.3) is 0 Å². The summed E-state index contributed by atoms with van der Waals surface area (Å²) in [6.07, 6.45) is -9.05. The molecular formula is C18H15F6NO2. The summed E-state index contributed by atoms with van der Waals surface area (Å²) in [6, 6.07) is 10.6. The van der Waals surface area contributed by atoms with Gasteiger partial charge in [0.15, 0.2) is 0 Å². The van der Waals surface area contributed by atoms with Crippen molar-refractivity contribution in [2.24, 2.45) is 0 Å². The monoisotopic (exact) mass is 391 g/mol. The first-order chi connectivity index (χ1) is 12.6. The molecule has 0 fully saturated rings. The molecule has 0 spiro atoms. The van der Waals surface area contributed by atoms with Gasteiger partial charge in [0, 0.05) is 6.54 Å². The van der Waals surface area contributed by atoms with Gasteiger partial charge >= 0.3 is 12.4 Å². The van der Waals surface area contributed by atoms with Gasteiger partial charge in [-0.15, -0.1) is 0 Å². The fourth-order valence-corrected chi connectivity index (χ4v) is 2.24. The molecule has 146 valence electrons. The minimum atomic E-state index is -4.65. The molecule has 0 aliphatic rings. The van der Waals surface area contributed by atoms with Crippen LogP contribution in [0.5, 0.6) is 0 Å². The third-order valence-electron chi connectivity index (χ3n) is 3.49. The van der Waals surface area contributed by atoms with E-state index in [4.69, 9.17) is 0 Å². The molecule has 2 aromatic carbocycles. The van der Waals surface area contributed by atoms with E-state index in [9.17, 15) is 31.1 Å². The molecule has 1 amide bonds. The highest BCUT2D eigenvalue weighted by Gasteiger charge is 2.34. The van der Waals surface area contributed by atoms with Crippen LogP contribution in [-0.2, 0) is 24.1 Å². The van der Waals surface area contributed by atoms with Crippen LogP contribution >= 0.6 is 0 Å². The highest BCUT2D eigenvalue weighted by atomic mass is 19.4. The SMILES string of the molecule is O=C(NCc1ccc(COCC(F)(F)F)cc1)c1ccccc1C(F)(F)F. The third kappa shape index (κ3) is 6.59. The topological polar surface area (TPSA) is 38.3 Å². The summed E-state index contributed by atoms with van der Waals surface area (Å²) in [5, 5.41) is 2.39. The molecule has 3 nitrogen and oxygen atoms in total. The van der Waals surface area contributed by atoms with E-state index in [0.29, 0.717) is 11.1 Å². The predicted molar refractivity (Wildman–Crippen MR) is 84.8 cm³/mol. The number of carbonyl (C=O) groups is 1. The molecular weight excluding hydrogens is 376 g/mol. The summed E-state index contributed by atoms with van der Waals surface area (Å²) in [6.45, 7) is -1.62. The first kappa shape index (κ1) is 20.8. The average molecular weight is 391 g/mol. The minimum absolute atomic E-state index is 0.0330. The molecule has 0 aliphatic carbocycles. The summed E-state index contributed by atoms with van der Waals surface area (Å²) in [7, 11) is 0. The van der Waals surface area contributed by atoms with E-state index in [1.165, 1.54) is 24.3 Å². The summed E-state index contributed by atoms with van der Waals surface area (Å²) >= 11 is 0. The number of rotatable bonds is 6. The number of alkyl halides is 6.